The van der Waals surface area contributed by atoms with E-state index in [9.17, 15) is 4.79 Å². The molecule has 1 aromatic heterocycles. The van der Waals surface area contributed by atoms with E-state index in [-0.39, 0.29) is 18.6 Å². The van der Waals surface area contributed by atoms with Crippen LogP contribution in [-0.4, -0.2) is 29.8 Å². The molecule has 0 aliphatic rings. The van der Waals surface area contributed by atoms with Gasteiger partial charge in [0, 0.05) is 11.8 Å². The molecule has 2 aromatic rings. The third-order valence-electron chi connectivity index (χ3n) is 2.83. The number of H-pyrrole nitrogens is 1. The van der Waals surface area contributed by atoms with E-state index in [1.54, 1.807) is 43.8 Å². The fourth-order valence-corrected chi connectivity index (χ4v) is 1.68. The summed E-state index contributed by atoms with van der Waals surface area (Å²) in [5.41, 5.74) is 0.919. The van der Waals surface area contributed by atoms with E-state index in [4.69, 9.17) is 9.47 Å². The number of hydrogen-bond acceptors (Lipinski definition) is 4. The highest BCUT2D eigenvalue weighted by molar-refractivity contribution is 5.78. The van der Waals surface area contributed by atoms with Crippen LogP contribution in [-0.2, 0) is 4.79 Å². The molecule has 0 aliphatic heterocycles. The average Bonchev–Trinajstić information content (AvgIpc) is 3.00. The normalized spacial score (nSPS) is 11.7. The number of aromatic nitrogens is 2. The van der Waals surface area contributed by atoms with Gasteiger partial charge in [0.2, 0.25) is 0 Å². The van der Waals surface area contributed by atoms with E-state index >= 15 is 0 Å². The summed E-state index contributed by atoms with van der Waals surface area (Å²) in [7, 11) is 1.60. The molecule has 2 N–H and O–H groups in total. The van der Waals surface area contributed by atoms with E-state index in [2.05, 4.69) is 15.5 Å². The Morgan fingerprint density at radius 3 is 2.65 bits per heavy atom. The molecular weight excluding hydrogens is 258 g/mol. The predicted molar refractivity (Wildman–Crippen MR) is 73.6 cm³/mol. The molecule has 0 saturated heterocycles. The van der Waals surface area contributed by atoms with Crippen molar-refractivity contribution in [2.45, 2.75) is 13.0 Å². The number of methoxy groups -OCH3 is 1. The summed E-state index contributed by atoms with van der Waals surface area (Å²) in [6.07, 6.45) is 3.42. The highest BCUT2D eigenvalue weighted by Gasteiger charge is 2.10. The van der Waals surface area contributed by atoms with Crippen LogP contribution < -0.4 is 14.8 Å². The average molecular weight is 275 g/mol. The van der Waals surface area contributed by atoms with Crippen molar-refractivity contribution in [3.8, 4) is 11.5 Å². The molecule has 1 unspecified atom stereocenters. The molecule has 0 spiro atoms. The fraction of sp³-hybridized carbons (Fsp3) is 0.286. The van der Waals surface area contributed by atoms with Crippen LogP contribution in [0, 0.1) is 0 Å². The summed E-state index contributed by atoms with van der Waals surface area (Å²) < 4.78 is 10.4. The summed E-state index contributed by atoms with van der Waals surface area (Å²) in [4.78, 5) is 11.8. The number of hydrogen-bond donors (Lipinski definition) is 2. The van der Waals surface area contributed by atoms with Crippen molar-refractivity contribution < 1.29 is 14.3 Å². The summed E-state index contributed by atoms with van der Waals surface area (Å²) in [6.45, 7) is 1.85. The number of amides is 1. The molecule has 0 aliphatic carbocycles. The van der Waals surface area contributed by atoms with Crippen LogP contribution in [0.25, 0.3) is 0 Å². The molecule has 20 heavy (non-hydrogen) atoms. The number of nitrogens with one attached hydrogen (secondary N) is 2. The zero-order valence-corrected chi connectivity index (χ0v) is 11.4. The van der Waals surface area contributed by atoms with Gasteiger partial charge in [-0.2, -0.15) is 5.10 Å². The largest absolute Gasteiger partial charge is 0.497 e. The van der Waals surface area contributed by atoms with Crippen LogP contribution in [0.3, 0.4) is 0 Å². The SMILES string of the molecule is COc1ccc(OCC(=O)NC(C)c2cn[nH]c2)cc1. The van der Waals surface area contributed by atoms with Gasteiger partial charge in [0.25, 0.3) is 5.91 Å². The first-order chi connectivity index (χ1) is 9.69. The van der Waals surface area contributed by atoms with Gasteiger partial charge in [-0.25, -0.2) is 0 Å². The lowest BCUT2D eigenvalue weighted by Crippen LogP contribution is -2.31. The van der Waals surface area contributed by atoms with Gasteiger partial charge in [0.1, 0.15) is 11.5 Å². The Kier molecular flexibility index (Phi) is 4.60. The molecule has 0 fully saturated rings. The number of rotatable bonds is 6. The zero-order valence-electron chi connectivity index (χ0n) is 11.4. The predicted octanol–water partition coefficient (Wildman–Crippen LogP) is 1.67. The standard InChI is InChI=1S/C14H17N3O3/c1-10(11-7-15-16-8-11)17-14(18)9-20-13-5-3-12(19-2)4-6-13/h3-8,10H,9H2,1-2H3,(H,15,16)(H,17,18). The fourth-order valence-electron chi connectivity index (χ4n) is 1.68. The van der Waals surface area contributed by atoms with E-state index in [0.717, 1.165) is 11.3 Å². The van der Waals surface area contributed by atoms with Gasteiger partial charge in [-0.15, -0.1) is 0 Å². The Labute approximate surface area is 117 Å². The maximum Gasteiger partial charge on any atom is 0.258 e. The Balaban J connectivity index is 1.79. The third kappa shape index (κ3) is 3.74. The lowest BCUT2D eigenvalue weighted by atomic mass is 10.2. The quantitative estimate of drug-likeness (QED) is 0.841. The minimum absolute atomic E-state index is 0.0332. The van der Waals surface area contributed by atoms with Gasteiger partial charge < -0.3 is 14.8 Å². The van der Waals surface area contributed by atoms with E-state index < -0.39 is 0 Å². The summed E-state index contributed by atoms with van der Waals surface area (Å²) in [5, 5.41) is 9.38. The molecule has 6 nitrogen and oxygen atoms in total. The van der Waals surface area contributed by atoms with E-state index in [1.807, 2.05) is 6.92 Å². The van der Waals surface area contributed by atoms with Gasteiger partial charge in [-0.3, -0.25) is 9.89 Å². The summed E-state index contributed by atoms with van der Waals surface area (Å²) in [6, 6.07) is 6.96. The molecule has 1 heterocycles. The van der Waals surface area contributed by atoms with Gasteiger partial charge in [0.15, 0.2) is 6.61 Å². The topological polar surface area (TPSA) is 76.2 Å². The van der Waals surface area contributed by atoms with Crippen molar-refractivity contribution in [2.75, 3.05) is 13.7 Å². The van der Waals surface area contributed by atoms with Crippen LogP contribution in [0.2, 0.25) is 0 Å². The number of benzene rings is 1. The van der Waals surface area contributed by atoms with Crippen molar-refractivity contribution in [3.05, 3.63) is 42.2 Å². The van der Waals surface area contributed by atoms with E-state index in [1.165, 1.54) is 0 Å². The van der Waals surface area contributed by atoms with Crippen LogP contribution >= 0.6 is 0 Å². The van der Waals surface area contributed by atoms with E-state index in [0.29, 0.717) is 5.75 Å². The van der Waals surface area contributed by atoms with Gasteiger partial charge in [-0.1, -0.05) is 0 Å². The smallest absolute Gasteiger partial charge is 0.258 e. The monoisotopic (exact) mass is 275 g/mol. The molecule has 106 valence electrons. The van der Waals surface area contributed by atoms with Crippen molar-refractivity contribution >= 4 is 5.91 Å². The molecule has 1 amide bonds. The second-order valence-corrected chi connectivity index (χ2v) is 4.29. The van der Waals surface area contributed by atoms with Crippen molar-refractivity contribution in [1.82, 2.24) is 15.5 Å². The minimum atomic E-state index is -0.186. The molecule has 6 heteroatoms. The molecule has 0 bridgehead atoms. The number of ether oxygens (including phenoxy) is 2. The number of nitrogens with zero attached hydrogens (tertiary/aromatic N) is 1. The molecule has 1 atom stereocenters. The summed E-state index contributed by atoms with van der Waals surface area (Å²) in [5.74, 6) is 1.18. The maximum absolute atomic E-state index is 11.8. The van der Waals surface area contributed by atoms with Gasteiger partial charge in [0.05, 0.1) is 19.3 Å². The molecule has 0 radical (unpaired) electrons. The molecule has 2 rings (SSSR count). The Hall–Kier alpha value is -2.50. The first-order valence-corrected chi connectivity index (χ1v) is 6.24. The second-order valence-electron chi connectivity index (χ2n) is 4.29. The number of carbonyl (C=O) groups excluding carboxylic acids is 1. The zero-order chi connectivity index (χ0) is 14.4. The van der Waals surface area contributed by atoms with Crippen molar-refractivity contribution in [3.63, 3.8) is 0 Å². The minimum Gasteiger partial charge on any atom is -0.497 e. The highest BCUT2D eigenvalue weighted by Crippen LogP contribution is 2.17. The Morgan fingerprint density at radius 2 is 2.05 bits per heavy atom. The van der Waals surface area contributed by atoms with Crippen LogP contribution in [0.4, 0.5) is 0 Å². The molecule has 0 saturated carbocycles. The van der Waals surface area contributed by atoms with Gasteiger partial charge >= 0.3 is 0 Å². The highest BCUT2D eigenvalue weighted by atomic mass is 16.5. The first-order valence-electron chi connectivity index (χ1n) is 6.24. The molecular formula is C14H17N3O3. The van der Waals surface area contributed by atoms with Crippen LogP contribution in [0.5, 0.6) is 11.5 Å². The van der Waals surface area contributed by atoms with Crippen molar-refractivity contribution in [1.29, 1.82) is 0 Å². The third-order valence-corrected chi connectivity index (χ3v) is 2.83. The van der Waals surface area contributed by atoms with Gasteiger partial charge in [-0.05, 0) is 31.2 Å². The number of carbonyl (C=O) groups is 1. The number of aromatic amines is 1. The molecule has 1 aromatic carbocycles. The second kappa shape index (κ2) is 6.60. The lowest BCUT2D eigenvalue weighted by molar-refractivity contribution is -0.123. The lowest BCUT2D eigenvalue weighted by Gasteiger charge is -2.12. The van der Waals surface area contributed by atoms with Crippen molar-refractivity contribution in [2.24, 2.45) is 0 Å². The first kappa shape index (κ1) is 13.9. The summed E-state index contributed by atoms with van der Waals surface area (Å²) >= 11 is 0. The Bertz CT molecular complexity index is 537. The van der Waals surface area contributed by atoms with Crippen LogP contribution in [0.1, 0.15) is 18.5 Å². The maximum atomic E-state index is 11.8. The Morgan fingerprint density at radius 1 is 1.35 bits per heavy atom. The van der Waals surface area contributed by atoms with Crippen LogP contribution in [0.15, 0.2) is 36.7 Å².